The lowest BCUT2D eigenvalue weighted by Crippen LogP contribution is -2.51. The fourth-order valence-corrected chi connectivity index (χ4v) is 4.62. The van der Waals surface area contributed by atoms with Crippen LogP contribution in [0.5, 0.6) is 0 Å². The number of hydrogen-bond donors (Lipinski definition) is 2. The first kappa shape index (κ1) is 22.8. The predicted octanol–water partition coefficient (Wildman–Crippen LogP) is 2.02. The van der Waals surface area contributed by atoms with Crippen LogP contribution in [0.15, 0.2) is 34.6 Å². The van der Waals surface area contributed by atoms with Crippen molar-refractivity contribution in [3.8, 4) is 0 Å². The molecule has 30 heavy (non-hydrogen) atoms. The molecule has 0 atom stereocenters. The number of piperazine rings is 1. The Bertz CT molecular complexity index is 932. The van der Waals surface area contributed by atoms with Gasteiger partial charge in [-0.1, -0.05) is 34.7 Å². The SMILES string of the molecule is C/N=c1\scc(CN2CCN(C(=O)CNC(=O)Nc3ccc(CI)cc3)CC2)n1C. The average molecular weight is 542 g/mol. The number of thiazole rings is 1. The van der Waals surface area contributed by atoms with Crippen LogP contribution in [0.3, 0.4) is 0 Å². The molecule has 1 fully saturated rings. The third kappa shape index (κ3) is 6.05. The molecule has 0 radical (unpaired) electrons. The van der Waals surface area contributed by atoms with Crippen molar-refractivity contribution in [2.24, 2.45) is 12.0 Å². The van der Waals surface area contributed by atoms with Crippen molar-refractivity contribution in [2.45, 2.75) is 11.0 Å². The molecule has 0 saturated carbocycles. The Kier molecular flexibility index (Phi) is 8.28. The Hall–Kier alpha value is -1.92. The van der Waals surface area contributed by atoms with E-state index in [4.69, 9.17) is 0 Å². The number of rotatable bonds is 6. The van der Waals surface area contributed by atoms with E-state index >= 15 is 0 Å². The summed E-state index contributed by atoms with van der Waals surface area (Å²) in [6, 6.07) is 7.30. The van der Waals surface area contributed by atoms with Crippen LogP contribution in [0.4, 0.5) is 10.5 Å². The van der Waals surface area contributed by atoms with Gasteiger partial charge in [0.25, 0.3) is 0 Å². The number of amides is 3. The lowest BCUT2D eigenvalue weighted by Gasteiger charge is -2.34. The largest absolute Gasteiger partial charge is 0.339 e. The predicted molar refractivity (Wildman–Crippen MR) is 128 cm³/mol. The number of nitrogens with one attached hydrogen (secondary N) is 2. The summed E-state index contributed by atoms with van der Waals surface area (Å²) < 4.78 is 3.04. The van der Waals surface area contributed by atoms with Crippen LogP contribution in [0, 0.1) is 0 Å². The maximum absolute atomic E-state index is 12.4. The van der Waals surface area contributed by atoms with Crippen molar-refractivity contribution in [1.82, 2.24) is 19.7 Å². The van der Waals surface area contributed by atoms with Crippen LogP contribution in [0.25, 0.3) is 0 Å². The second kappa shape index (κ2) is 10.9. The summed E-state index contributed by atoms with van der Waals surface area (Å²) in [5, 5.41) is 7.55. The molecule has 10 heteroatoms. The molecule has 0 bridgehead atoms. The summed E-state index contributed by atoms with van der Waals surface area (Å²) in [4.78, 5) is 33.9. The molecule has 3 amide bonds. The quantitative estimate of drug-likeness (QED) is 0.433. The van der Waals surface area contributed by atoms with Crippen molar-refractivity contribution in [2.75, 3.05) is 45.1 Å². The van der Waals surface area contributed by atoms with Gasteiger partial charge >= 0.3 is 6.03 Å². The summed E-state index contributed by atoms with van der Waals surface area (Å²) in [6.07, 6.45) is 0. The van der Waals surface area contributed by atoms with Crippen LogP contribution < -0.4 is 15.4 Å². The minimum atomic E-state index is -0.369. The molecule has 0 aliphatic carbocycles. The van der Waals surface area contributed by atoms with E-state index in [1.807, 2.05) is 36.2 Å². The van der Waals surface area contributed by atoms with Crippen LogP contribution in [-0.4, -0.2) is 66.1 Å². The van der Waals surface area contributed by atoms with Gasteiger partial charge in [0, 0.05) is 68.0 Å². The highest BCUT2D eigenvalue weighted by molar-refractivity contribution is 14.1. The van der Waals surface area contributed by atoms with Crippen LogP contribution in [0.1, 0.15) is 11.3 Å². The lowest BCUT2D eigenvalue weighted by molar-refractivity contribution is -0.131. The van der Waals surface area contributed by atoms with Crippen molar-refractivity contribution in [3.05, 3.63) is 45.7 Å². The number of carbonyl (C=O) groups is 2. The molecule has 0 unspecified atom stereocenters. The van der Waals surface area contributed by atoms with Crippen LogP contribution >= 0.6 is 33.9 Å². The fraction of sp³-hybridized carbons (Fsp3) is 0.450. The first-order chi connectivity index (χ1) is 14.5. The standard InChI is InChI=1S/C20H27IN6O2S/c1-22-20-25(2)17(14-30-20)13-26-7-9-27(10-8-26)18(28)12-23-19(29)24-16-5-3-15(11-21)4-6-16/h3-6,14H,7-13H2,1-2H3,(H2,23,24,29)/b22-20-. The van der Waals surface area contributed by atoms with E-state index in [0.29, 0.717) is 18.8 Å². The molecule has 2 aromatic rings. The minimum Gasteiger partial charge on any atom is -0.339 e. The van der Waals surface area contributed by atoms with Gasteiger partial charge < -0.3 is 20.1 Å². The third-order valence-corrected chi connectivity index (χ3v) is 7.02. The van der Waals surface area contributed by atoms with Gasteiger partial charge in [-0.25, -0.2) is 4.79 Å². The zero-order valence-corrected chi connectivity index (χ0v) is 20.2. The van der Waals surface area contributed by atoms with E-state index in [1.165, 1.54) is 11.3 Å². The zero-order chi connectivity index (χ0) is 21.5. The van der Waals surface area contributed by atoms with Gasteiger partial charge in [0.1, 0.15) is 0 Å². The molecule has 0 spiro atoms. The van der Waals surface area contributed by atoms with Crippen molar-refractivity contribution in [1.29, 1.82) is 0 Å². The number of urea groups is 1. The van der Waals surface area contributed by atoms with E-state index in [-0.39, 0.29) is 18.5 Å². The summed E-state index contributed by atoms with van der Waals surface area (Å²) in [5.41, 5.74) is 3.14. The Balaban J connectivity index is 1.40. The van der Waals surface area contributed by atoms with Crippen LogP contribution in [-0.2, 0) is 22.8 Å². The number of benzene rings is 1. The van der Waals surface area contributed by atoms with Crippen molar-refractivity contribution < 1.29 is 9.59 Å². The van der Waals surface area contributed by atoms with Crippen LogP contribution in [0.2, 0.25) is 0 Å². The number of anilines is 1. The highest BCUT2D eigenvalue weighted by atomic mass is 127. The molecular weight excluding hydrogens is 515 g/mol. The normalized spacial score (nSPS) is 15.3. The molecule has 1 aliphatic rings. The average Bonchev–Trinajstić information content (AvgIpc) is 3.12. The van der Waals surface area contributed by atoms with Gasteiger partial charge in [-0.15, -0.1) is 11.3 Å². The van der Waals surface area contributed by atoms with Crippen molar-refractivity contribution in [3.63, 3.8) is 0 Å². The minimum absolute atomic E-state index is 0.00147. The van der Waals surface area contributed by atoms with Gasteiger partial charge in [0.15, 0.2) is 4.80 Å². The number of carbonyl (C=O) groups excluding carboxylic acids is 2. The molecule has 1 aromatic carbocycles. The smallest absolute Gasteiger partial charge is 0.319 e. The Morgan fingerprint density at radius 2 is 1.87 bits per heavy atom. The molecular formula is C20H27IN6O2S. The molecule has 8 nitrogen and oxygen atoms in total. The molecule has 2 N–H and O–H groups in total. The Morgan fingerprint density at radius 3 is 2.47 bits per heavy atom. The van der Waals surface area contributed by atoms with Gasteiger partial charge in [-0.05, 0) is 17.7 Å². The second-order valence-electron chi connectivity index (χ2n) is 7.09. The van der Waals surface area contributed by atoms with E-state index in [0.717, 1.165) is 28.9 Å². The lowest BCUT2D eigenvalue weighted by atomic mass is 10.2. The summed E-state index contributed by atoms with van der Waals surface area (Å²) >= 11 is 3.93. The van der Waals surface area contributed by atoms with E-state index in [2.05, 4.69) is 53.1 Å². The van der Waals surface area contributed by atoms with E-state index < -0.39 is 0 Å². The van der Waals surface area contributed by atoms with Gasteiger partial charge in [0.2, 0.25) is 5.91 Å². The molecule has 1 saturated heterocycles. The fourth-order valence-electron chi connectivity index (χ4n) is 3.25. The second-order valence-corrected chi connectivity index (χ2v) is 8.69. The molecule has 1 aromatic heterocycles. The molecule has 1 aliphatic heterocycles. The van der Waals surface area contributed by atoms with E-state index in [1.54, 1.807) is 18.4 Å². The third-order valence-electron chi connectivity index (χ3n) is 5.09. The molecule has 162 valence electrons. The maximum Gasteiger partial charge on any atom is 0.319 e. The topological polar surface area (TPSA) is 82.0 Å². The first-order valence-corrected chi connectivity index (χ1v) is 12.2. The monoisotopic (exact) mass is 542 g/mol. The number of hydrogen-bond acceptors (Lipinski definition) is 5. The maximum atomic E-state index is 12.4. The van der Waals surface area contributed by atoms with Gasteiger partial charge in [-0.3, -0.25) is 14.7 Å². The number of aromatic nitrogens is 1. The zero-order valence-electron chi connectivity index (χ0n) is 17.2. The van der Waals surface area contributed by atoms with Crippen molar-refractivity contribution >= 4 is 51.6 Å². The number of halogens is 1. The Labute approximate surface area is 194 Å². The van der Waals surface area contributed by atoms with E-state index in [9.17, 15) is 9.59 Å². The summed E-state index contributed by atoms with van der Waals surface area (Å²) in [7, 11) is 3.83. The molecule has 3 rings (SSSR count). The highest BCUT2D eigenvalue weighted by Gasteiger charge is 2.22. The number of nitrogens with zero attached hydrogens (tertiary/aromatic N) is 4. The Morgan fingerprint density at radius 1 is 1.17 bits per heavy atom. The first-order valence-electron chi connectivity index (χ1n) is 9.76. The number of alkyl halides is 1. The highest BCUT2D eigenvalue weighted by Crippen LogP contribution is 2.12. The van der Waals surface area contributed by atoms with Gasteiger partial charge in [0.05, 0.1) is 6.54 Å². The summed E-state index contributed by atoms with van der Waals surface area (Å²) in [5.74, 6) is -0.0572. The molecule has 2 heterocycles. The summed E-state index contributed by atoms with van der Waals surface area (Å²) in [6.45, 7) is 3.81. The van der Waals surface area contributed by atoms with Gasteiger partial charge in [-0.2, -0.15) is 0 Å².